The van der Waals surface area contributed by atoms with E-state index in [4.69, 9.17) is 9.15 Å². The van der Waals surface area contributed by atoms with E-state index in [9.17, 15) is 9.59 Å². The fraction of sp³-hybridized carbons (Fsp3) is 0.360. The van der Waals surface area contributed by atoms with Crippen molar-refractivity contribution in [3.8, 4) is 0 Å². The second kappa shape index (κ2) is 8.31. The Hall–Kier alpha value is -3.32. The number of amides is 1. The lowest BCUT2D eigenvalue weighted by Gasteiger charge is -2.43. The van der Waals surface area contributed by atoms with Crippen LogP contribution in [0.25, 0.3) is 11.0 Å². The number of anilines is 1. The highest BCUT2D eigenvalue weighted by atomic mass is 16.5. The number of esters is 1. The van der Waals surface area contributed by atoms with Gasteiger partial charge >= 0.3 is 5.97 Å². The van der Waals surface area contributed by atoms with Crippen molar-refractivity contribution in [2.45, 2.75) is 24.9 Å². The molecule has 0 atom stereocenters. The van der Waals surface area contributed by atoms with E-state index in [-0.39, 0.29) is 12.5 Å². The summed E-state index contributed by atoms with van der Waals surface area (Å²) in [5, 5.41) is 1.11. The topological polar surface area (TPSA) is 66.2 Å². The molecule has 7 heteroatoms. The summed E-state index contributed by atoms with van der Waals surface area (Å²) in [6.45, 7) is 2.73. The number of hydrogen-bond acceptors (Lipinski definition) is 6. The van der Waals surface area contributed by atoms with Crippen molar-refractivity contribution in [1.29, 1.82) is 0 Å². The van der Waals surface area contributed by atoms with Crippen molar-refractivity contribution < 1.29 is 18.7 Å². The lowest BCUT2D eigenvalue weighted by molar-refractivity contribution is -0.146. The van der Waals surface area contributed by atoms with E-state index in [1.807, 2.05) is 36.4 Å². The van der Waals surface area contributed by atoms with E-state index < -0.39 is 11.5 Å². The van der Waals surface area contributed by atoms with Gasteiger partial charge in [0.2, 0.25) is 0 Å². The molecule has 0 N–H and O–H groups in total. The third-order valence-corrected chi connectivity index (χ3v) is 6.77. The van der Waals surface area contributed by atoms with Crippen LogP contribution in [0.3, 0.4) is 0 Å². The van der Waals surface area contributed by atoms with E-state index in [0.717, 1.165) is 41.9 Å². The van der Waals surface area contributed by atoms with Gasteiger partial charge in [-0.05, 0) is 31.0 Å². The summed E-state index contributed by atoms with van der Waals surface area (Å²) >= 11 is 0. The van der Waals surface area contributed by atoms with Gasteiger partial charge < -0.3 is 19.0 Å². The largest absolute Gasteiger partial charge is 0.468 e. The van der Waals surface area contributed by atoms with Gasteiger partial charge in [0.05, 0.1) is 20.0 Å². The van der Waals surface area contributed by atoms with E-state index in [2.05, 4.69) is 28.0 Å². The predicted molar refractivity (Wildman–Crippen MR) is 121 cm³/mol. The minimum Gasteiger partial charge on any atom is -0.468 e. The first kappa shape index (κ1) is 20.6. The second-order valence-electron chi connectivity index (χ2n) is 8.55. The number of para-hydroxylation sites is 2. The number of rotatable bonds is 5. The van der Waals surface area contributed by atoms with E-state index in [1.165, 1.54) is 7.11 Å². The molecule has 1 amide bonds. The summed E-state index contributed by atoms with van der Waals surface area (Å²) in [6.07, 6.45) is 3.13. The molecule has 2 fully saturated rings. The Balaban J connectivity index is 1.37. The molecule has 5 rings (SSSR count). The summed E-state index contributed by atoms with van der Waals surface area (Å²) < 4.78 is 10.5. The Bertz CT molecular complexity index is 1120. The number of methoxy groups -OCH3 is 1. The van der Waals surface area contributed by atoms with Crippen LogP contribution in [0.15, 0.2) is 65.3 Å². The summed E-state index contributed by atoms with van der Waals surface area (Å²) in [6, 6.07) is 18.2. The molecule has 0 aliphatic carbocycles. The van der Waals surface area contributed by atoms with E-state index in [0.29, 0.717) is 19.5 Å². The Labute approximate surface area is 187 Å². The molecule has 2 aromatic carbocycles. The Morgan fingerprint density at radius 2 is 1.84 bits per heavy atom. The summed E-state index contributed by atoms with van der Waals surface area (Å²) in [5.41, 5.74) is 2.46. The molecule has 1 aromatic heterocycles. The third kappa shape index (κ3) is 3.52. The number of ether oxygens (including phenoxy) is 1. The Morgan fingerprint density at radius 3 is 2.59 bits per heavy atom. The van der Waals surface area contributed by atoms with Crippen molar-refractivity contribution >= 4 is 28.5 Å². The van der Waals surface area contributed by atoms with Crippen LogP contribution in [0.4, 0.5) is 5.69 Å². The predicted octanol–water partition coefficient (Wildman–Crippen LogP) is 3.25. The highest BCUT2D eigenvalue weighted by Crippen LogP contribution is 2.39. The second-order valence-corrected chi connectivity index (χ2v) is 8.55. The lowest BCUT2D eigenvalue weighted by Crippen LogP contribution is -2.56. The van der Waals surface area contributed by atoms with Crippen LogP contribution in [0, 0.1) is 0 Å². The zero-order valence-corrected chi connectivity index (χ0v) is 18.2. The molecular formula is C25H27N3O4. The van der Waals surface area contributed by atoms with Crippen molar-refractivity contribution in [3.63, 3.8) is 0 Å². The molecule has 3 aromatic rings. The maximum absolute atomic E-state index is 13.6. The number of hydrogen-bond donors (Lipinski definition) is 0. The van der Waals surface area contributed by atoms with Crippen LogP contribution in [0.5, 0.6) is 0 Å². The van der Waals surface area contributed by atoms with E-state index in [1.54, 1.807) is 11.2 Å². The van der Waals surface area contributed by atoms with Gasteiger partial charge in [0.15, 0.2) is 0 Å². The van der Waals surface area contributed by atoms with Crippen LogP contribution in [0.2, 0.25) is 0 Å². The van der Waals surface area contributed by atoms with Crippen LogP contribution in [-0.2, 0) is 20.9 Å². The van der Waals surface area contributed by atoms with Crippen molar-refractivity contribution in [1.82, 2.24) is 9.80 Å². The minimum absolute atomic E-state index is 0.0135. The fourth-order valence-electron chi connectivity index (χ4n) is 5.04. The smallest absolute Gasteiger partial charge is 0.325 e. The molecule has 0 saturated carbocycles. The standard InChI is InChI=1S/C25H27N3O4/c1-31-22(29)17-27-18-28(21-8-3-2-4-9-21)25(24(27)30)11-13-26(14-12-25)16-20-7-5-6-19-10-15-32-23(19)20/h2-10,15H,11-14,16-18H2,1H3. The summed E-state index contributed by atoms with van der Waals surface area (Å²) in [7, 11) is 1.35. The highest BCUT2D eigenvalue weighted by Gasteiger charge is 2.54. The number of benzene rings is 2. The van der Waals surface area contributed by atoms with Crippen molar-refractivity contribution in [2.75, 3.05) is 38.3 Å². The van der Waals surface area contributed by atoms with Crippen LogP contribution < -0.4 is 4.90 Å². The number of carbonyl (C=O) groups is 2. The van der Waals surface area contributed by atoms with E-state index >= 15 is 0 Å². The van der Waals surface area contributed by atoms with Crippen molar-refractivity contribution in [2.24, 2.45) is 0 Å². The summed E-state index contributed by atoms with van der Waals surface area (Å²) in [5.74, 6) is -0.382. The first-order chi connectivity index (χ1) is 15.6. The third-order valence-electron chi connectivity index (χ3n) is 6.77. The lowest BCUT2D eigenvalue weighted by atomic mass is 9.85. The van der Waals surface area contributed by atoms with Gasteiger partial charge in [-0.1, -0.05) is 36.4 Å². The maximum Gasteiger partial charge on any atom is 0.325 e. The highest BCUT2D eigenvalue weighted by molar-refractivity contribution is 5.95. The normalized spacial score (nSPS) is 18.6. The van der Waals surface area contributed by atoms with Gasteiger partial charge in [-0.15, -0.1) is 0 Å². The van der Waals surface area contributed by atoms with Gasteiger partial charge in [0, 0.05) is 36.3 Å². The maximum atomic E-state index is 13.6. The quantitative estimate of drug-likeness (QED) is 0.576. The molecule has 2 saturated heterocycles. The van der Waals surface area contributed by atoms with Gasteiger partial charge in [0.25, 0.3) is 5.91 Å². The zero-order valence-electron chi connectivity index (χ0n) is 18.2. The summed E-state index contributed by atoms with van der Waals surface area (Å²) in [4.78, 5) is 31.7. The molecule has 3 heterocycles. The molecule has 0 bridgehead atoms. The van der Waals surface area contributed by atoms with Crippen LogP contribution in [0.1, 0.15) is 18.4 Å². The number of fused-ring (bicyclic) bond motifs is 1. The number of piperidine rings is 1. The van der Waals surface area contributed by atoms with Crippen molar-refractivity contribution in [3.05, 3.63) is 66.4 Å². The Morgan fingerprint density at radius 1 is 1.06 bits per heavy atom. The number of nitrogens with zero attached hydrogens (tertiary/aromatic N) is 3. The average molecular weight is 434 g/mol. The van der Waals surface area contributed by atoms with Gasteiger partial charge in [-0.3, -0.25) is 14.5 Å². The molecule has 7 nitrogen and oxygen atoms in total. The molecule has 1 spiro atoms. The van der Waals surface area contributed by atoms with Gasteiger partial charge in [-0.25, -0.2) is 0 Å². The van der Waals surface area contributed by atoms with Crippen LogP contribution in [-0.4, -0.2) is 60.6 Å². The average Bonchev–Trinajstić information content (AvgIpc) is 3.41. The molecule has 166 valence electrons. The number of likely N-dealkylation sites (tertiary alicyclic amines) is 1. The first-order valence-corrected chi connectivity index (χ1v) is 11.0. The first-order valence-electron chi connectivity index (χ1n) is 11.0. The van der Waals surface area contributed by atoms with Gasteiger partial charge in [-0.2, -0.15) is 0 Å². The molecule has 0 radical (unpaired) electrons. The molecule has 0 unspecified atom stereocenters. The zero-order chi connectivity index (χ0) is 22.1. The fourth-order valence-corrected chi connectivity index (χ4v) is 5.04. The molecule has 2 aliphatic heterocycles. The minimum atomic E-state index is -0.636. The number of furan rings is 1. The number of carbonyl (C=O) groups excluding carboxylic acids is 2. The van der Waals surface area contributed by atoms with Crippen LogP contribution >= 0.6 is 0 Å². The Kier molecular flexibility index (Phi) is 5.35. The monoisotopic (exact) mass is 433 g/mol. The molecule has 32 heavy (non-hydrogen) atoms. The van der Waals surface area contributed by atoms with Gasteiger partial charge in [0.1, 0.15) is 17.7 Å². The SMILES string of the molecule is COC(=O)CN1CN(c2ccccc2)C2(CCN(Cc3cccc4ccoc34)CC2)C1=O. The molecule has 2 aliphatic rings. The molecular weight excluding hydrogens is 406 g/mol.